The molecule has 0 spiro atoms. The molecule has 1 aromatic carbocycles. The van der Waals surface area contributed by atoms with Crippen LogP contribution in [-0.4, -0.2) is 23.3 Å². The maximum Gasteiger partial charge on any atom is 0.314 e. The average Bonchev–Trinajstić information content (AvgIpc) is 2.47. The van der Waals surface area contributed by atoms with E-state index in [0.29, 0.717) is 6.29 Å². The van der Waals surface area contributed by atoms with Gasteiger partial charge in [0.25, 0.3) is 0 Å². The van der Waals surface area contributed by atoms with Crippen LogP contribution in [0.5, 0.6) is 17.4 Å². The van der Waals surface area contributed by atoms with Crippen LogP contribution in [0.25, 0.3) is 0 Å². The largest absolute Gasteiger partial charge is 0.490 e. The summed E-state index contributed by atoms with van der Waals surface area (Å²) in [5.74, 6) is 0.403. The highest BCUT2D eigenvalue weighted by Crippen LogP contribution is 2.32. The second-order valence-corrected chi connectivity index (χ2v) is 3.71. The normalized spacial score (nSPS) is 9.85. The molecule has 0 aliphatic rings. The molecule has 1 aromatic heterocycles. The van der Waals surface area contributed by atoms with Crippen LogP contribution in [0, 0.1) is 10.1 Å². The van der Waals surface area contributed by atoms with Crippen molar-refractivity contribution in [3.63, 3.8) is 0 Å². The third-order valence-electron chi connectivity index (χ3n) is 2.49. The second kappa shape index (κ2) is 5.79. The van der Waals surface area contributed by atoms with E-state index in [-0.39, 0.29) is 28.6 Å². The SMILES string of the molecule is COc1ccc(Oc2ncccc2C=O)cc1[N+](=O)[O-]. The summed E-state index contributed by atoms with van der Waals surface area (Å²) < 4.78 is 10.3. The molecule has 7 heteroatoms. The molecule has 0 saturated heterocycles. The van der Waals surface area contributed by atoms with Crippen LogP contribution in [-0.2, 0) is 0 Å². The first kappa shape index (κ1) is 13.5. The van der Waals surface area contributed by atoms with Crippen molar-refractivity contribution in [1.29, 1.82) is 0 Å². The van der Waals surface area contributed by atoms with Crippen LogP contribution in [0.3, 0.4) is 0 Å². The number of aromatic nitrogens is 1. The van der Waals surface area contributed by atoms with Gasteiger partial charge >= 0.3 is 5.69 Å². The van der Waals surface area contributed by atoms with Gasteiger partial charge in [0.2, 0.25) is 5.88 Å². The van der Waals surface area contributed by atoms with Crippen molar-refractivity contribution in [3.05, 3.63) is 52.2 Å². The zero-order valence-electron chi connectivity index (χ0n) is 10.5. The number of benzene rings is 1. The van der Waals surface area contributed by atoms with E-state index in [0.717, 1.165) is 0 Å². The monoisotopic (exact) mass is 274 g/mol. The van der Waals surface area contributed by atoms with Gasteiger partial charge in [0.1, 0.15) is 5.75 Å². The molecule has 7 nitrogen and oxygen atoms in total. The first-order chi connectivity index (χ1) is 9.65. The number of hydrogen-bond donors (Lipinski definition) is 0. The van der Waals surface area contributed by atoms with Gasteiger partial charge in [-0.1, -0.05) is 0 Å². The lowest BCUT2D eigenvalue weighted by Gasteiger charge is -2.07. The molecule has 1 heterocycles. The average molecular weight is 274 g/mol. The highest BCUT2D eigenvalue weighted by Gasteiger charge is 2.16. The van der Waals surface area contributed by atoms with Gasteiger partial charge in [0.05, 0.1) is 23.7 Å². The summed E-state index contributed by atoms with van der Waals surface area (Å²) in [4.78, 5) is 25.1. The van der Waals surface area contributed by atoms with Gasteiger partial charge in [0, 0.05) is 6.20 Å². The fraction of sp³-hybridized carbons (Fsp3) is 0.0769. The number of pyridine rings is 1. The molecule has 0 bridgehead atoms. The Kier molecular flexibility index (Phi) is 3.90. The van der Waals surface area contributed by atoms with Gasteiger partial charge in [-0.25, -0.2) is 4.98 Å². The summed E-state index contributed by atoms with van der Waals surface area (Å²) in [5.41, 5.74) is 0.0274. The van der Waals surface area contributed by atoms with Crippen molar-refractivity contribution in [2.75, 3.05) is 7.11 Å². The molecule has 0 atom stereocenters. The van der Waals surface area contributed by atoms with E-state index in [1.165, 1.54) is 37.6 Å². The number of hydrogen-bond acceptors (Lipinski definition) is 6. The maximum atomic E-state index is 10.9. The molecule has 20 heavy (non-hydrogen) atoms. The van der Waals surface area contributed by atoms with E-state index in [4.69, 9.17) is 9.47 Å². The number of aldehydes is 1. The predicted octanol–water partition coefficient (Wildman–Crippen LogP) is 2.60. The molecular formula is C13H10N2O5. The van der Waals surface area contributed by atoms with E-state index in [1.54, 1.807) is 6.07 Å². The van der Waals surface area contributed by atoms with Crippen LogP contribution in [0.4, 0.5) is 5.69 Å². The van der Waals surface area contributed by atoms with Gasteiger partial charge in [-0.05, 0) is 24.3 Å². The van der Waals surface area contributed by atoms with Gasteiger partial charge in [-0.3, -0.25) is 14.9 Å². The summed E-state index contributed by atoms with van der Waals surface area (Å²) in [7, 11) is 1.34. The molecule has 0 amide bonds. The van der Waals surface area contributed by atoms with E-state index < -0.39 is 4.92 Å². The Morgan fingerprint density at radius 2 is 2.15 bits per heavy atom. The van der Waals surface area contributed by atoms with Crippen molar-refractivity contribution >= 4 is 12.0 Å². The first-order valence-corrected chi connectivity index (χ1v) is 5.56. The summed E-state index contributed by atoms with van der Waals surface area (Å²) >= 11 is 0. The number of nitro benzene ring substituents is 1. The van der Waals surface area contributed by atoms with Crippen LogP contribution in [0.2, 0.25) is 0 Å². The third kappa shape index (κ3) is 2.72. The van der Waals surface area contributed by atoms with Crippen molar-refractivity contribution in [2.45, 2.75) is 0 Å². The number of carbonyl (C=O) groups is 1. The molecule has 0 N–H and O–H groups in total. The Hall–Kier alpha value is -2.96. The minimum Gasteiger partial charge on any atom is -0.490 e. The quantitative estimate of drug-likeness (QED) is 0.472. The number of carbonyl (C=O) groups excluding carboxylic acids is 1. The fourth-order valence-electron chi connectivity index (χ4n) is 1.57. The molecule has 0 saturated carbocycles. The van der Waals surface area contributed by atoms with E-state index in [9.17, 15) is 14.9 Å². The van der Waals surface area contributed by atoms with Crippen LogP contribution >= 0.6 is 0 Å². The Balaban J connectivity index is 2.37. The molecule has 102 valence electrons. The van der Waals surface area contributed by atoms with Crippen molar-refractivity contribution in [2.24, 2.45) is 0 Å². The lowest BCUT2D eigenvalue weighted by molar-refractivity contribution is -0.385. The number of ether oxygens (including phenoxy) is 2. The summed E-state index contributed by atoms with van der Waals surface area (Å²) in [5, 5.41) is 10.9. The third-order valence-corrected chi connectivity index (χ3v) is 2.49. The zero-order chi connectivity index (χ0) is 14.5. The Labute approximate surface area is 113 Å². The molecule has 2 rings (SSSR count). The first-order valence-electron chi connectivity index (χ1n) is 5.56. The molecular weight excluding hydrogens is 264 g/mol. The van der Waals surface area contributed by atoms with E-state index >= 15 is 0 Å². The van der Waals surface area contributed by atoms with E-state index in [1.807, 2.05) is 0 Å². The zero-order valence-corrected chi connectivity index (χ0v) is 10.5. The van der Waals surface area contributed by atoms with E-state index in [2.05, 4.69) is 4.98 Å². The minimum atomic E-state index is -0.579. The number of rotatable bonds is 5. The summed E-state index contributed by atoms with van der Waals surface area (Å²) in [6, 6.07) is 7.24. The topological polar surface area (TPSA) is 91.6 Å². The van der Waals surface area contributed by atoms with Gasteiger partial charge in [-0.15, -0.1) is 0 Å². The highest BCUT2D eigenvalue weighted by molar-refractivity contribution is 5.78. The minimum absolute atomic E-state index is 0.0852. The van der Waals surface area contributed by atoms with Gasteiger partial charge in [0.15, 0.2) is 12.0 Å². The number of nitro groups is 1. The molecule has 0 aliphatic carbocycles. The van der Waals surface area contributed by atoms with Crippen molar-refractivity contribution in [3.8, 4) is 17.4 Å². The lowest BCUT2D eigenvalue weighted by atomic mass is 10.2. The van der Waals surface area contributed by atoms with Crippen molar-refractivity contribution in [1.82, 2.24) is 4.98 Å². The molecule has 0 unspecified atom stereocenters. The smallest absolute Gasteiger partial charge is 0.314 e. The van der Waals surface area contributed by atoms with Gasteiger partial charge in [-0.2, -0.15) is 0 Å². The molecule has 0 radical (unpaired) electrons. The van der Waals surface area contributed by atoms with Crippen LogP contribution in [0.15, 0.2) is 36.5 Å². The maximum absolute atomic E-state index is 10.9. The number of methoxy groups -OCH3 is 1. The van der Waals surface area contributed by atoms with Crippen LogP contribution < -0.4 is 9.47 Å². The molecule has 0 fully saturated rings. The Bertz CT molecular complexity index is 657. The Morgan fingerprint density at radius 3 is 2.80 bits per heavy atom. The molecule has 0 aliphatic heterocycles. The second-order valence-electron chi connectivity index (χ2n) is 3.71. The Morgan fingerprint density at radius 1 is 1.35 bits per heavy atom. The van der Waals surface area contributed by atoms with Crippen molar-refractivity contribution < 1.29 is 19.2 Å². The predicted molar refractivity (Wildman–Crippen MR) is 69.3 cm³/mol. The molecule has 2 aromatic rings. The fourth-order valence-corrected chi connectivity index (χ4v) is 1.57. The highest BCUT2D eigenvalue weighted by atomic mass is 16.6. The standard InChI is InChI=1S/C13H10N2O5/c1-19-12-5-4-10(7-11(12)15(17)18)20-13-9(8-16)3-2-6-14-13/h2-8H,1H3. The van der Waals surface area contributed by atoms with Gasteiger partial charge < -0.3 is 9.47 Å². The summed E-state index contributed by atoms with van der Waals surface area (Å²) in [6.07, 6.45) is 2.06. The summed E-state index contributed by atoms with van der Waals surface area (Å²) in [6.45, 7) is 0. The lowest BCUT2D eigenvalue weighted by Crippen LogP contribution is -1.96. The number of nitrogens with zero attached hydrogens (tertiary/aromatic N) is 2. The van der Waals surface area contributed by atoms with Crippen LogP contribution in [0.1, 0.15) is 10.4 Å².